The van der Waals surface area contributed by atoms with E-state index in [0.717, 1.165) is 11.3 Å². The number of amides is 1. The fourth-order valence-corrected chi connectivity index (χ4v) is 3.40. The molecule has 4 rings (SSSR count). The van der Waals surface area contributed by atoms with E-state index in [9.17, 15) is 4.79 Å². The first-order valence-corrected chi connectivity index (χ1v) is 9.91. The highest BCUT2D eigenvalue weighted by atomic mass is 32.1. The quantitative estimate of drug-likeness (QED) is 0.503. The molecule has 0 aliphatic rings. The van der Waals surface area contributed by atoms with Crippen LogP contribution >= 0.6 is 11.3 Å². The summed E-state index contributed by atoms with van der Waals surface area (Å²) in [4.78, 5) is 17.1. The van der Waals surface area contributed by atoms with Crippen molar-refractivity contribution >= 4 is 22.4 Å². The third kappa shape index (κ3) is 4.46. The summed E-state index contributed by atoms with van der Waals surface area (Å²) >= 11 is 1.38. The zero-order valence-corrected chi connectivity index (χ0v) is 16.5. The highest BCUT2D eigenvalue weighted by molar-refractivity contribution is 7.14. The van der Waals surface area contributed by atoms with Crippen molar-refractivity contribution in [1.82, 2.24) is 25.2 Å². The molecule has 2 aromatic heterocycles. The van der Waals surface area contributed by atoms with Crippen molar-refractivity contribution in [2.75, 3.05) is 5.32 Å². The maximum Gasteiger partial charge on any atom is 0.257 e. The van der Waals surface area contributed by atoms with Crippen molar-refractivity contribution in [2.24, 2.45) is 0 Å². The molecule has 0 spiro atoms. The molecule has 2 aromatic carbocycles. The van der Waals surface area contributed by atoms with E-state index in [-0.39, 0.29) is 12.5 Å². The van der Waals surface area contributed by atoms with Crippen LogP contribution < -0.4 is 10.1 Å². The summed E-state index contributed by atoms with van der Waals surface area (Å²) in [5, 5.41) is 16.7. The Morgan fingerprint density at radius 1 is 1.17 bits per heavy atom. The zero-order valence-electron chi connectivity index (χ0n) is 15.6. The molecule has 2 heterocycles. The minimum absolute atomic E-state index is 0.221. The van der Waals surface area contributed by atoms with Gasteiger partial charge in [-0.1, -0.05) is 36.4 Å². The number of hydrogen-bond donors (Lipinski definition) is 1. The molecule has 4 aromatic rings. The Morgan fingerprint density at radius 2 is 2.03 bits per heavy atom. The summed E-state index contributed by atoms with van der Waals surface area (Å²) < 4.78 is 7.40. The van der Waals surface area contributed by atoms with Crippen LogP contribution in [0, 0.1) is 0 Å². The van der Waals surface area contributed by atoms with E-state index in [0.29, 0.717) is 28.8 Å². The number of tetrazole rings is 1. The van der Waals surface area contributed by atoms with Crippen LogP contribution in [0.15, 0.2) is 60.0 Å². The van der Waals surface area contributed by atoms with E-state index >= 15 is 0 Å². The standard InChI is InChI=1S/C20H18N6O2S/c1-2-26-18(23-24-25-26)12-28-16-10-6-9-15(11-16)19(27)22-20-21-17(13-29-20)14-7-4-3-5-8-14/h3-11,13H,2,12H2,1H3,(H,21,22,27). The molecule has 0 aliphatic heterocycles. The van der Waals surface area contributed by atoms with Gasteiger partial charge in [0.1, 0.15) is 12.4 Å². The number of thiazole rings is 1. The number of aromatic nitrogens is 5. The number of carbonyl (C=O) groups excluding carboxylic acids is 1. The number of hydrogen-bond acceptors (Lipinski definition) is 7. The molecule has 8 nitrogen and oxygen atoms in total. The van der Waals surface area contributed by atoms with E-state index in [1.54, 1.807) is 28.9 Å². The Balaban J connectivity index is 1.42. The number of aryl methyl sites for hydroxylation is 1. The lowest BCUT2D eigenvalue weighted by molar-refractivity contribution is 0.102. The van der Waals surface area contributed by atoms with Gasteiger partial charge in [0, 0.05) is 23.1 Å². The van der Waals surface area contributed by atoms with Crippen molar-refractivity contribution < 1.29 is 9.53 Å². The molecular formula is C20H18N6O2S. The zero-order chi connectivity index (χ0) is 20.1. The first-order chi connectivity index (χ1) is 14.2. The molecule has 1 N–H and O–H groups in total. The van der Waals surface area contributed by atoms with Gasteiger partial charge in [-0.2, -0.15) is 0 Å². The Kier molecular flexibility index (Phi) is 5.57. The smallest absolute Gasteiger partial charge is 0.257 e. The first kappa shape index (κ1) is 18.8. The van der Waals surface area contributed by atoms with Crippen LogP contribution in [0.1, 0.15) is 23.1 Å². The molecule has 0 aliphatic carbocycles. The van der Waals surface area contributed by atoms with Gasteiger partial charge in [-0.25, -0.2) is 9.67 Å². The molecule has 0 bridgehead atoms. The molecule has 29 heavy (non-hydrogen) atoms. The van der Waals surface area contributed by atoms with Gasteiger partial charge in [-0.05, 0) is 35.5 Å². The second-order valence-corrected chi connectivity index (χ2v) is 6.94. The number of rotatable bonds is 7. The average molecular weight is 406 g/mol. The lowest BCUT2D eigenvalue weighted by Crippen LogP contribution is -2.12. The summed E-state index contributed by atoms with van der Waals surface area (Å²) in [6, 6.07) is 16.8. The molecule has 1 amide bonds. The van der Waals surface area contributed by atoms with Crippen molar-refractivity contribution in [3.8, 4) is 17.0 Å². The molecule has 146 valence electrons. The summed E-state index contributed by atoms with van der Waals surface area (Å²) in [5.74, 6) is 0.939. The monoisotopic (exact) mass is 406 g/mol. The van der Waals surface area contributed by atoms with E-state index in [1.807, 2.05) is 42.6 Å². The number of anilines is 1. The Bertz CT molecular complexity index is 1110. The van der Waals surface area contributed by atoms with Gasteiger partial charge < -0.3 is 4.74 Å². The lowest BCUT2D eigenvalue weighted by Gasteiger charge is -2.07. The highest BCUT2D eigenvalue weighted by Crippen LogP contribution is 2.25. The van der Waals surface area contributed by atoms with Crippen LogP contribution in [-0.4, -0.2) is 31.1 Å². The van der Waals surface area contributed by atoms with Crippen molar-refractivity contribution in [3.05, 3.63) is 71.4 Å². The maximum atomic E-state index is 12.6. The van der Waals surface area contributed by atoms with Gasteiger partial charge in [0.15, 0.2) is 11.0 Å². The van der Waals surface area contributed by atoms with E-state index < -0.39 is 0 Å². The molecule has 0 unspecified atom stereocenters. The number of nitrogens with one attached hydrogen (secondary N) is 1. The minimum atomic E-state index is -0.247. The molecule has 0 saturated carbocycles. The van der Waals surface area contributed by atoms with Crippen LogP contribution in [0.2, 0.25) is 0 Å². The van der Waals surface area contributed by atoms with E-state index in [2.05, 4.69) is 25.8 Å². The predicted molar refractivity (Wildman–Crippen MR) is 110 cm³/mol. The number of carbonyl (C=O) groups is 1. The minimum Gasteiger partial charge on any atom is -0.486 e. The summed E-state index contributed by atoms with van der Waals surface area (Å²) in [6.45, 7) is 2.83. The van der Waals surface area contributed by atoms with E-state index in [1.165, 1.54) is 11.3 Å². The van der Waals surface area contributed by atoms with Gasteiger partial charge in [-0.3, -0.25) is 10.1 Å². The predicted octanol–water partition coefficient (Wildman–Crippen LogP) is 3.65. The molecular weight excluding hydrogens is 388 g/mol. The highest BCUT2D eigenvalue weighted by Gasteiger charge is 2.12. The van der Waals surface area contributed by atoms with Crippen LogP contribution in [0.4, 0.5) is 5.13 Å². The summed E-state index contributed by atoms with van der Waals surface area (Å²) in [7, 11) is 0. The van der Waals surface area contributed by atoms with Crippen LogP contribution in [0.25, 0.3) is 11.3 Å². The maximum absolute atomic E-state index is 12.6. The summed E-state index contributed by atoms with van der Waals surface area (Å²) in [5.41, 5.74) is 2.32. The van der Waals surface area contributed by atoms with E-state index in [4.69, 9.17) is 4.74 Å². The van der Waals surface area contributed by atoms with Gasteiger partial charge in [0.25, 0.3) is 5.91 Å². The number of benzene rings is 2. The third-order valence-corrected chi connectivity index (χ3v) is 4.92. The fraction of sp³-hybridized carbons (Fsp3) is 0.150. The Morgan fingerprint density at radius 3 is 2.86 bits per heavy atom. The average Bonchev–Trinajstić information content (AvgIpc) is 3.42. The second-order valence-electron chi connectivity index (χ2n) is 6.09. The van der Waals surface area contributed by atoms with Crippen molar-refractivity contribution in [2.45, 2.75) is 20.1 Å². The van der Waals surface area contributed by atoms with Gasteiger partial charge >= 0.3 is 0 Å². The summed E-state index contributed by atoms with van der Waals surface area (Å²) in [6.07, 6.45) is 0. The molecule has 9 heteroatoms. The van der Waals surface area contributed by atoms with Crippen LogP contribution in [-0.2, 0) is 13.2 Å². The van der Waals surface area contributed by atoms with Gasteiger partial charge in [0.05, 0.1) is 5.69 Å². The Labute approximate surface area is 171 Å². The molecule has 0 radical (unpaired) electrons. The van der Waals surface area contributed by atoms with Crippen LogP contribution in [0.3, 0.4) is 0 Å². The van der Waals surface area contributed by atoms with Crippen LogP contribution in [0.5, 0.6) is 5.75 Å². The Hall–Kier alpha value is -3.59. The van der Waals surface area contributed by atoms with Crippen molar-refractivity contribution in [3.63, 3.8) is 0 Å². The molecule has 0 atom stereocenters. The topological polar surface area (TPSA) is 94.8 Å². The van der Waals surface area contributed by atoms with Gasteiger partial charge in [0.2, 0.25) is 0 Å². The third-order valence-electron chi connectivity index (χ3n) is 4.16. The normalized spacial score (nSPS) is 10.7. The molecule has 0 fully saturated rings. The second kappa shape index (κ2) is 8.61. The largest absolute Gasteiger partial charge is 0.486 e. The fourth-order valence-electron chi connectivity index (χ4n) is 2.69. The lowest BCUT2D eigenvalue weighted by atomic mass is 10.2. The molecule has 0 saturated heterocycles. The number of ether oxygens (including phenoxy) is 1. The first-order valence-electron chi connectivity index (χ1n) is 9.03. The SMILES string of the molecule is CCn1nnnc1COc1cccc(C(=O)Nc2nc(-c3ccccc3)cs2)c1. The van der Waals surface area contributed by atoms with Gasteiger partial charge in [-0.15, -0.1) is 16.4 Å². The van der Waals surface area contributed by atoms with Crippen molar-refractivity contribution in [1.29, 1.82) is 0 Å². The number of nitrogens with zero attached hydrogens (tertiary/aromatic N) is 5.